The normalized spacial score (nSPS) is 12.1. The minimum atomic E-state index is -4.30. The molecule has 0 saturated heterocycles. The fourth-order valence-electron chi connectivity index (χ4n) is 3.63. The van der Waals surface area contributed by atoms with E-state index >= 15 is 0 Å². The first-order valence-corrected chi connectivity index (χ1v) is 13.4. The highest BCUT2D eigenvalue weighted by Gasteiger charge is 2.33. The molecule has 3 aromatic carbocycles. The summed E-state index contributed by atoms with van der Waals surface area (Å²) in [5.74, 6) is -1.81. The summed E-state index contributed by atoms with van der Waals surface area (Å²) in [6.45, 7) is 2.31. The predicted octanol–water partition coefficient (Wildman–Crippen LogP) is 4.80. The van der Waals surface area contributed by atoms with Crippen LogP contribution in [0.25, 0.3) is 0 Å². The molecule has 0 aromatic heterocycles. The molecule has 0 aliphatic rings. The largest absolute Gasteiger partial charge is 0.357 e. The van der Waals surface area contributed by atoms with E-state index in [9.17, 15) is 22.4 Å². The van der Waals surface area contributed by atoms with Gasteiger partial charge < -0.3 is 10.2 Å². The van der Waals surface area contributed by atoms with Gasteiger partial charge in [-0.05, 0) is 50.2 Å². The highest BCUT2D eigenvalue weighted by molar-refractivity contribution is 7.92. The first-order valence-electron chi connectivity index (χ1n) is 11.2. The number of anilines is 1. The van der Waals surface area contributed by atoms with Crippen molar-refractivity contribution in [3.8, 4) is 0 Å². The van der Waals surface area contributed by atoms with Crippen molar-refractivity contribution in [2.75, 3.05) is 17.9 Å². The van der Waals surface area contributed by atoms with Gasteiger partial charge in [0, 0.05) is 24.2 Å². The SMILES string of the molecule is CNC(=O)[C@@H](C)N(Cc1ccccc1F)C(=O)CN(c1cc(Cl)ccc1Cl)S(=O)(=O)c1ccc(C)cc1. The number of hydrogen-bond acceptors (Lipinski definition) is 4. The quantitative estimate of drug-likeness (QED) is 0.403. The highest BCUT2D eigenvalue weighted by atomic mass is 35.5. The minimum absolute atomic E-state index is 0.0125. The fourth-order valence-corrected chi connectivity index (χ4v) is 5.49. The van der Waals surface area contributed by atoms with Crippen LogP contribution in [0.5, 0.6) is 0 Å². The Morgan fingerprint density at radius 2 is 1.68 bits per heavy atom. The lowest BCUT2D eigenvalue weighted by Crippen LogP contribution is -2.50. The van der Waals surface area contributed by atoms with E-state index in [1.54, 1.807) is 18.2 Å². The molecule has 1 atom stereocenters. The molecular weight excluding hydrogens is 540 g/mol. The third-order valence-corrected chi connectivity index (χ3v) is 8.11. The zero-order valence-corrected chi connectivity index (χ0v) is 22.7. The topological polar surface area (TPSA) is 86.8 Å². The van der Waals surface area contributed by atoms with Crippen LogP contribution in [0.3, 0.4) is 0 Å². The Balaban J connectivity index is 2.09. The average Bonchev–Trinajstić information content (AvgIpc) is 2.87. The van der Waals surface area contributed by atoms with Gasteiger partial charge in [0.1, 0.15) is 18.4 Å². The number of aryl methyl sites for hydroxylation is 1. The number of nitrogens with zero attached hydrogens (tertiary/aromatic N) is 2. The number of likely N-dealkylation sites (N-methyl/N-ethyl adjacent to an activating group) is 1. The number of rotatable bonds is 9. The molecule has 0 aliphatic heterocycles. The van der Waals surface area contributed by atoms with Crippen LogP contribution in [-0.4, -0.2) is 44.8 Å². The van der Waals surface area contributed by atoms with Crippen molar-refractivity contribution in [2.45, 2.75) is 31.3 Å². The molecule has 0 heterocycles. The Morgan fingerprint density at radius 1 is 1.03 bits per heavy atom. The Hall–Kier alpha value is -3.14. The lowest BCUT2D eigenvalue weighted by Gasteiger charge is -2.32. The Labute approximate surface area is 225 Å². The Kier molecular flexibility index (Phi) is 9.17. The second-order valence-corrected chi connectivity index (χ2v) is 11.0. The van der Waals surface area contributed by atoms with Gasteiger partial charge in [-0.1, -0.05) is 59.1 Å². The van der Waals surface area contributed by atoms with E-state index in [-0.39, 0.29) is 32.7 Å². The summed E-state index contributed by atoms with van der Waals surface area (Å²) in [7, 11) is -2.90. The lowest BCUT2D eigenvalue weighted by molar-refractivity contribution is -0.139. The molecule has 0 aliphatic carbocycles. The van der Waals surface area contributed by atoms with E-state index in [0.717, 1.165) is 14.8 Å². The summed E-state index contributed by atoms with van der Waals surface area (Å²) >= 11 is 12.5. The number of halogens is 3. The van der Waals surface area contributed by atoms with Gasteiger partial charge in [0.25, 0.3) is 10.0 Å². The van der Waals surface area contributed by atoms with Gasteiger partial charge in [0.05, 0.1) is 15.6 Å². The van der Waals surface area contributed by atoms with Crippen molar-refractivity contribution in [2.24, 2.45) is 0 Å². The maximum Gasteiger partial charge on any atom is 0.264 e. The molecule has 3 aromatic rings. The van der Waals surface area contributed by atoms with E-state index in [2.05, 4.69) is 5.32 Å². The zero-order chi connectivity index (χ0) is 27.3. The first kappa shape index (κ1) is 28.4. The second-order valence-electron chi connectivity index (χ2n) is 8.32. The van der Waals surface area contributed by atoms with Crippen molar-refractivity contribution >= 4 is 50.7 Å². The van der Waals surface area contributed by atoms with Crippen LogP contribution in [0, 0.1) is 12.7 Å². The molecular formula is C26H26Cl2FN3O4S. The molecule has 0 saturated carbocycles. The first-order chi connectivity index (χ1) is 17.4. The minimum Gasteiger partial charge on any atom is -0.357 e. The second kappa shape index (κ2) is 11.9. The van der Waals surface area contributed by atoms with Crippen molar-refractivity contribution in [3.63, 3.8) is 0 Å². The van der Waals surface area contributed by atoms with Crippen LogP contribution >= 0.6 is 23.2 Å². The van der Waals surface area contributed by atoms with Crippen molar-refractivity contribution in [1.82, 2.24) is 10.2 Å². The van der Waals surface area contributed by atoms with E-state index in [0.29, 0.717) is 0 Å². The van der Waals surface area contributed by atoms with E-state index in [1.165, 1.54) is 62.5 Å². The Bertz CT molecular complexity index is 1400. The predicted molar refractivity (Wildman–Crippen MR) is 143 cm³/mol. The van der Waals surface area contributed by atoms with Crippen LogP contribution in [0.1, 0.15) is 18.1 Å². The Morgan fingerprint density at radius 3 is 2.30 bits per heavy atom. The van der Waals surface area contributed by atoms with Gasteiger partial charge in [-0.2, -0.15) is 0 Å². The maximum atomic E-state index is 14.5. The third kappa shape index (κ3) is 6.60. The van der Waals surface area contributed by atoms with E-state index < -0.39 is 40.2 Å². The molecule has 0 fully saturated rings. The van der Waals surface area contributed by atoms with E-state index in [4.69, 9.17) is 23.2 Å². The van der Waals surface area contributed by atoms with Gasteiger partial charge in [0.15, 0.2) is 0 Å². The maximum absolute atomic E-state index is 14.5. The number of nitrogens with one attached hydrogen (secondary N) is 1. The molecule has 0 bridgehead atoms. The van der Waals surface area contributed by atoms with Crippen LogP contribution in [-0.2, 0) is 26.2 Å². The van der Waals surface area contributed by atoms with Crippen molar-refractivity contribution in [3.05, 3.63) is 93.7 Å². The molecule has 11 heteroatoms. The fraction of sp³-hybridized carbons (Fsp3) is 0.231. The molecule has 3 rings (SSSR count). The molecule has 196 valence electrons. The third-order valence-electron chi connectivity index (χ3n) is 5.78. The highest BCUT2D eigenvalue weighted by Crippen LogP contribution is 2.33. The van der Waals surface area contributed by atoms with Crippen LogP contribution in [0.4, 0.5) is 10.1 Å². The lowest BCUT2D eigenvalue weighted by atomic mass is 10.1. The van der Waals surface area contributed by atoms with Crippen LogP contribution < -0.4 is 9.62 Å². The van der Waals surface area contributed by atoms with Gasteiger partial charge in [0.2, 0.25) is 11.8 Å². The van der Waals surface area contributed by atoms with Crippen LogP contribution in [0.15, 0.2) is 71.6 Å². The summed E-state index contributed by atoms with van der Waals surface area (Å²) in [6, 6.07) is 15.2. The molecule has 1 N–H and O–H groups in total. The van der Waals surface area contributed by atoms with Crippen molar-refractivity contribution < 1.29 is 22.4 Å². The molecule has 0 spiro atoms. The molecule has 37 heavy (non-hydrogen) atoms. The number of benzene rings is 3. The number of carbonyl (C=O) groups excluding carboxylic acids is 2. The zero-order valence-electron chi connectivity index (χ0n) is 20.4. The van der Waals surface area contributed by atoms with Crippen molar-refractivity contribution in [1.29, 1.82) is 0 Å². The summed E-state index contributed by atoms with van der Waals surface area (Å²) in [6.07, 6.45) is 0. The van der Waals surface area contributed by atoms with Crippen LogP contribution in [0.2, 0.25) is 10.0 Å². The van der Waals surface area contributed by atoms with E-state index in [1.807, 2.05) is 6.92 Å². The van der Waals surface area contributed by atoms with Gasteiger partial charge >= 0.3 is 0 Å². The average molecular weight is 566 g/mol. The molecule has 2 amide bonds. The standard InChI is InChI=1S/C26H26Cl2FN3O4S/c1-17-8-11-21(12-9-17)37(35,36)32(24-14-20(27)10-13-22(24)28)16-25(33)31(18(2)26(34)30-3)15-19-6-4-5-7-23(19)29/h4-14,18H,15-16H2,1-3H3,(H,30,34)/t18-/m1/s1. The van der Waals surface area contributed by atoms with Gasteiger partial charge in [-0.3, -0.25) is 13.9 Å². The molecule has 0 unspecified atom stereocenters. The number of sulfonamides is 1. The summed E-state index contributed by atoms with van der Waals surface area (Å²) in [4.78, 5) is 27.2. The summed E-state index contributed by atoms with van der Waals surface area (Å²) in [5, 5.41) is 2.72. The summed E-state index contributed by atoms with van der Waals surface area (Å²) < 4.78 is 42.8. The monoisotopic (exact) mass is 565 g/mol. The van der Waals surface area contributed by atoms with Gasteiger partial charge in [-0.25, -0.2) is 12.8 Å². The van der Waals surface area contributed by atoms with Gasteiger partial charge in [-0.15, -0.1) is 0 Å². The number of amides is 2. The number of hydrogen-bond donors (Lipinski definition) is 1. The number of carbonyl (C=O) groups is 2. The molecule has 7 nitrogen and oxygen atoms in total. The smallest absolute Gasteiger partial charge is 0.264 e. The summed E-state index contributed by atoms with van der Waals surface area (Å²) in [5.41, 5.74) is 1.000. The molecule has 0 radical (unpaired) electrons.